The molecule has 0 bridgehead atoms. The third-order valence-corrected chi connectivity index (χ3v) is 6.73. The molecule has 176 valence electrons. The molecule has 3 heterocycles. The summed E-state index contributed by atoms with van der Waals surface area (Å²) in [5.41, 5.74) is 6.17. The number of nitrogens with zero attached hydrogens (tertiary/aromatic N) is 3. The summed E-state index contributed by atoms with van der Waals surface area (Å²) in [5, 5.41) is 1.16. The van der Waals surface area contributed by atoms with Gasteiger partial charge in [-0.05, 0) is 81.9 Å². The van der Waals surface area contributed by atoms with Crippen molar-refractivity contribution in [3.8, 4) is 11.3 Å². The average Bonchev–Trinajstić information content (AvgIpc) is 3.14. The molecule has 1 aromatic carbocycles. The fraction of sp³-hybridized carbons (Fsp3) is 0.481. The number of likely N-dealkylation sites (N-methyl/N-ethyl adjacent to an activating group) is 1. The molecule has 2 aromatic heterocycles. The molecule has 0 saturated carbocycles. The van der Waals surface area contributed by atoms with Crippen molar-refractivity contribution in [3.05, 3.63) is 52.6 Å². The molecule has 1 fully saturated rings. The number of H-pyrrole nitrogens is 1. The molecule has 0 radical (unpaired) electrons. The first-order valence-corrected chi connectivity index (χ1v) is 11.9. The molecule has 33 heavy (non-hydrogen) atoms. The summed E-state index contributed by atoms with van der Waals surface area (Å²) in [7, 11) is 3.86. The van der Waals surface area contributed by atoms with Crippen LogP contribution in [-0.4, -0.2) is 59.4 Å². The number of pyridine rings is 1. The van der Waals surface area contributed by atoms with Gasteiger partial charge in [0.1, 0.15) is 0 Å². The molecule has 0 atom stereocenters. The molecule has 1 aliphatic heterocycles. The van der Waals surface area contributed by atoms with E-state index < -0.39 is 0 Å². The van der Waals surface area contributed by atoms with Gasteiger partial charge in [-0.1, -0.05) is 19.9 Å². The number of likely N-dealkylation sites (tertiary alicyclic amines) is 1. The lowest BCUT2D eigenvalue weighted by Crippen LogP contribution is -2.42. The van der Waals surface area contributed by atoms with Crippen molar-refractivity contribution in [1.82, 2.24) is 19.8 Å². The maximum Gasteiger partial charge on any atom is 0.236 e. The Hall–Kier alpha value is -2.73. The minimum atomic E-state index is -0.260. The highest BCUT2D eigenvalue weighted by molar-refractivity contribution is 5.92. The van der Waals surface area contributed by atoms with Crippen LogP contribution in [0.1, 0.15) is 61.0 Å². The number of carbonyl (C=O) groups is 1. The van der Waals surface area contributed by atoms with E-state index in [1.54, 1.807) is 6.92 Å². The van der Waals surface area contributed by atoms with E-state index in [1.165, 1.54) is 5.56 Å². The van der Waals surface area contributed by atoms with Gasteiger partial charge in [-0.25, -0.2) is 4.39 Å². The van der Waals surface area contributed by atoms with Crippen molar-refractivity contribution in [2.45, 2.75) is 52.4 Å². The summed E-state index contributed by atoms with van der Waals surface area (Å²) in [6, 6.07) is 8.43. The number of aryl methyl sites for hydroxylation is 2. The second-order valence-corrected chi connectivity index (χ2v) is 9.98. The second-order valence-electron chi connectivity index (χ2n) is 9.98. The summed E-state index contributed by atoms with van der Waals surface area (Å²) in [6.45, 7) is 10.00. The number of carbonyl (C=O) groups excluding carboxylic acids is 1. The van der Waals surface area contributed by atoms with Crippen LogP contribution in [0.15, 0.2) is 24.3 Å². The van der Waals surface area contributed by atoms with E-state index in [1.807, 2.05) is 36.9 Å². The quantitative estimate of drug-likeness (QED) is 0.568. The van der Waals surface area contributed by atoms with Crippen LogP contribution < -0.4 is 0 Å². The predicted octanol–water partition coefficient (Wildman–Crippen LogP) is 5.38. The van der Waals surface area contributed by atoms with Gasteiger partial charge < -0.3 is 14.8 Å². The van der Waals surface area contributed by atoms with Gasteiger partial charge in [0.15, 0.2) is 5.82 Å². The van der Waals surface area contributed by atoms with E-state index in [2.05, 4.69) is 42.0 Å². The van der Waals surface area contributed by atoms with Crippen molar-refractivity contribution in [2.75, 3.05) is 33.7 Å². The van der Waals surface area contributed by atoms with Crippen molar-refractivity contribution in [2.24, 2.45) is 0 Å². The van der Waals surface area contributed by atoms with Gasteiger partial charge in [0, 0.05) is 35.2 Å². The molecule has 1 aliphatic rings. The van der Waals surface area contributed by atoms with Gasteiger partial charge in [0.25, 0.3) is 0 Å². The Bertz CT molecular complexity index is 1170. The van der Waals surface area contributed by atoms with Crippen LogP contribution >= 0.6 is 0 Å². The van der Waals surface area contributed by atoms with Crippen LogP contribution in [0.5, 0.6) is 0 Å². The molecule has 1 N–H and O–H groups in total. The second kappa shape index (κ2) is 9.26. The van der Waals surface area contributed by atoms with Gasteiger partial charge in [0.05, 0.1) is 17.9 Å². The number of benzene rings is 1. The highest BCUT2D eigenvalue weighted by Gasteiger charge is 2.26. The first-order valence-electron chi connectivity index (χ1n) is 11.9. The van der Waals surface area contributed by atoms with E-state index >= 15 is 4.39 Å². The van der Waals surface area contributed by atoms with Crippen molar-refractivity contribution >= 4 is 16.8 Å². The Morgan fingerprint density at radius 1 is 1.21 bits per heavy atom. The van der Waals surface area contributed by atoms with E-state index in [4.69, 9.17) is 0 Å². The number of hydrogen-bond acceptors (Lipinski definition) is 3. The molecular weight excluding hydrogens is 415 g/mol. The third-order valence-electron chi connectivity index (χ3n) is 6.73. The average molecular weight is 451 g/mol. The Kier molecular flexibility index (Phi) is 6.57. The number of nitrogens with one attached hydrogen (secondary N) is 1. The number of aromatic nitrogens is 2. The van der Waals surface area contributed by atoms with E-state index in [-0.39, 0.29) is 17.6 Å². The number of halogens is 1. The SMILES string of the molecule is Cc1cc(-c2[nH]c3ccc(C4CCN(C(=O)CN(C)C)CC4)cc3c2C(C)C)c(F)c(C)n1. The van der Waals surface area contributed by atoms with Crippen LogP contribution in [0, 0.1) is 19.7 Å². The van der Waals surface area contributed by atoms with Crippen LogP contribution in [0.25, 0.3) is 22.2 Å². The highest BCUT2D eigenvalue weighted by Crippen LogP contribution is 2.39. The maximum atomic E-state index is 15.1. The Balaban J connectivity index is 1.67. The molecule has 0 unspecified atom stereocenters. The molecule has 3 aromatic rings. The maximum absolute atomic E-state index is 15.1. The fourth-order valence-electron chi connectivity index (χ4n) is 5.12. The van der Waals surface area contributed by atoms with Gasteiger partial charge in [-0.15, -0.1) is 0 Å². The summed E-state index contributed by atoms with van der Waals surface area (Å²) >= 11 is 0. The van der Waals surface area contributed by atoms with Crippen molar-refractivity contribution < 1.29 is 9.18 Å². The molecule has 5 nitrogen and oxygen atoms in total. The first-order chi connectivity index (χ1) is 15.7. The minimum Gasteiger partial charge on any atom is -0.354 e. The Morgan fingerprint density at radius 3 is 2.55 bits per heavy atom. The number of amides is 1. The standard InChI is InChI=1S/C27H35FN4O/c1-16(2)25-21-14-20(19-9-11-32(12-10-19)24(33)15-31(5)6)7-8-23(21)30-27(25)22-13-17(3)29-18(4)26(22)28/h7-8,13-14,16,19,30H,9-12,15H2,1-6H3. The summed E-state index contributed by atoms with van der Waals surface area (Å²) in [5.74, 6) is 0.612. The van der Waals surface area contributed by atoms with Crippen molar-refractivity contribution in [3.63, 3.8) is 0 Å². The first kappa shape index (κ1) is 23.4. The van der Waals surface area contributed by atoms with E-state index in [0.717, 1.165) is 53.8 Å². The minimum absolute atomic E-state index is 0.205. The number of hydrogen-bond donors (Lipinski definition) is 1. The molecule has 0 aliphatic carbocycles. The van der Waals surface area contributed by atoms with E-state index in [0.29, 0.717) is 23.7 Å². The van der Waals surface area contributed by atoms with Crippen molar-refractivity contribution in [1.29, 1.82) is 0 Å². The zero-order valence-electron chi connectivity index (χ0n) is 20.6. The largest absolute Gasteiger partial charge is 0.354 e. The lowest BCUT2D eigenvalue weighted by atomic mass is 9.87. The summed E-state index contributed by atoms with van der Waals surface area (Å²) in [6.07, 6.45) is 1.94. The number of aromatic amines is 1. The topological polar surface area (TPSA) is 52.2 Å². The predicted molar refractivity (Wildman–Crippen MR) is 132 cm³/mol. The zero-order chi connectivity index (χ0) is 23.9. The van der Waals surface area contributed by atoms with Gasteiger partial charge in [0.2, 0.25) is 5.91 Å². The van der Waals surface area contributed by atoms with Gasteiger partial charge in [-0.2, -0.15) is 0 Å². The smallest absolute Gasteiger partial charge is 0.236 e. The third kappa shape index (κ3) is 4.67. The molecule has 1 amide bonds. The molecule has 4 rings (SSSR count). The highest BCUT2D eigenvalue weighted by atomic mass is 19.1. The summed E-state index contributed by atoms with van der Waals surface area (Å²) < 4.78 is 15.1. The fourth-order valence-corrected chi connectivity index (χ4v) is 5.12. The van der Waals surface area contributed by atoms with Crippen LogP contribution in [0.4, 0.5) is 4.39 Å². The van der Waals surface area contributed by atoms with Crippen LogP contribution in [0.3, 0.4) is 0 Å². The van der Waals surface area contributed by atoms with Crippen LogP contribution in [-0.2, 0) is 4.79 Å². The van der Waals surface area contributed by atoms with E-state index in [9.17, 15) is 4.79 Å². The summed E-state index contributed by atoms with van der Waals surface area (Å²) in [4.78, 5) is 24.1. The lowest BCUT2D eigenvalue weighted by molar-refractivity contribution is -0.132. The van der Waals surface area contributed by atoms with Gasteiger partial charge >= 0.3 is 0 Å². The number of rotatable bonds is 5. The lowest BCUT2D eigenvalue weighted by Gasteiger charge is -2.33. The number of fused-ring (bicyclic) bond motifs is 1. The molecule has 0 spiro atoms. The van der Waals surface area contributed by atoms with Crippen LogP contribution in [0.2, 0.25) is 0 Å². The zero-order valence-corrected chi connectivity index (χ0v) is 20.6. The van der Waals surface area contributed by atoms with Gasteiger partial charge in [-0.3, -0.25) is 9.78 Å². The molecular formula is C27H35FN4O. The Labute approximate surface area is 196 Å². The monoisotopic (exact) mass is 450 g/mol. The number of piperidine rings is 1. The Morgan fingerprint density at radius 2 is 1.91 bits per heavy atom. The molecule has 6 heteroatoms. The normalized spacial score (nSPS) is 15.2. The molecule has 1 saturated heterocycles.